The molecule has 0 aliphatic rings. The number of nitrogens with zero attached hydrogens (tertiary/aromatic N) is 2. The van der Waals surface area contributed by atoms with E-state index in [9.17, 15) is 23.3 Å². The fourth-order valence-electron chi connectivity index (χ4n) is 2.74. The molecule has 0 aliphatic carbocycles. The number of nitro benzene ring substituents is 1. The monoisotopic (exact) mass is 513 g/mol. The summed E-state index contributed by atoms with van der Waals surface area (Å²) in [6.45, 7) is -0.643. The fourth-order valence-corrected chi connectivity index (χ4v) is 4.98. The van der Waals surface area contributed by atoms with E-state index in [1.165, 1.54) is 30.3 Å². The van der Waals surface area contributed by atoms with Gasteiger partial charge in [0.15, 0.2) is 0 Å². The number of halogens is 3. The van der Waals surface area contributed by atoms with Crippen molar-refractivity contribution in [3.8, 4) is 0 Å². The summed E-state index contributed by atoms with van der Waals surface area (Å²) < 4.78 is 27.7. The number of benzene rings is 3. The van der Waals surface area contributed by atoms with Crippen molar-refractivity contribution in [2.75, 3.05) is 16.2 Å². The maximum Gasteiger partial charge on any atom is 0.270 e. The van der Waals surface area contributed by atoms with Crippen molar-refractivity contribution in [3.05, 3.63) is 91.9 Å². The van der Waals surface area contributed by atoms with Gasteiger partial charge >= 0.3 is 0 Å². The minimum absolute atomic E-state index is 0.109. The van der Waals surface area contributed by atoms with Crippen molar-refractivity contribution in [1.29, 1.82) is 0 Å². The Balaban J connectivity index is 2.03. The number of non-ortho nitro benzene ring substituents is 1. The number of hydrogen-bond acceptors (Lipinski definition) is 5. The number of anilines is 2. The molecule has 0 bridgehead atoms. The molecular formula is C20H14Cl3N3O5S. The SMILES string of the molecule is O=C(CN(c1ccc(Cl)cc1)S(=O)(=O)c1cc([N+](=O)[O-])ccc1Cl)Nc1cccc(Cl)c1. The lowest BCUT2D eigenvalue weighted by Crippen LogP contribution is -2.38. The van der Waals surface area contributed by atoms with E-state index in [2.05, 4.69) is 5.32 Å². The highest BCUT2D eigenvalue weighted by Crippen LogP contribution is 2.32. The average Bonchev–Trinajstić information content (AvgIpc) is 2.72. The molecule has 12 heteroatoms. The molecule has 0 fully saturated rings. The first-order chi connectivity index (χ1) is 15.1. The highest BCUT2D eigenvalue weighted by molar-refractivity contribution is 7.93. The summed E-state index contributed by atoms with van der Waals surface area (Å²) in [6, 6.07) is 15.1. The van der Waals surface area contributed by atoms with E-state index in [1.807, 2.05) is 0 Å². The number of rotatable bonds is 7. The first-order valence-electron chi connectivity index (χ1n) is 8.85. The Kier molecular flexibility index (Phi) is 7.25. The van der Waals surface area contributed by atoms with Crippen molar-refractivity contribution in [2.45, 2.75) is 4.90 Å². The van der Waals surface area contributed by atoms with Gasteiger partial charge in [-0.1, -0.05) is 40.9 Å². The van der Waals surface area contributed by atoms with E-state index >= 15 is 0 Å². The average molecular weight is 515 g/mol. The molecule has 0 atom stereocenters. The molecule has 0 aromatic heterocycles. The lowest BCUT2D eigenvalue weighted by atomic mass is 10.3. The van der Waals surface area contributed by atoms with Crippen molar-refractivity contribution in [1.82, 2.24) is 0 Å². The standard InChI is InChI=1S/C20H14Cl3N3O5S/c21-13-4-6-16(7-5-13)25(12-20(27)24-15-3-1-2-14(22)10-15)32(30,31)19-11-17(26(28)29)8-9-18(19)23/h1-11H,12H2,(H,24,27). The lowest BCUT2D eigenvalue weighted by molar-refractivity contribution is -0.385. The molecule has 0 saturated carbocycles. The second-order valence-electron chi connectivity index (χ2n) is 6.42. The van der Waals surface area contributed by atoms with Gasteiger partial charge in [0.2, 0.25) is 5.91 Å². The molecule has 3 aromatic carbocycles. The molecule has 0 spiro atoms. The van der Waals surface area contributed by atoms with Gasteiger partial charge in [-0.15, -0.1) is 0 Å². The number of carbonyl (C=O) groups excluding carboxylic acids is 1. The van der Waals surface area contributed by atoms with Crippen LogP contribution in [0.4, 0.5) is 17.1 Å². The van der Waals surface area contributed by atoms with Crippen LogP contribution in [0.3, 0.4) is 0 Å². The Hall–Kier alpha value is -2.85. The van der Waals surface area contributed by atoms with E-state index < -0.39 is 38.0 Å². The van der Waals surface area contributed by atoms with Gasteiger partial charge in [0.05, 0.1) is 15.6 Å². The van der Waals surface area contributed by atoms with E-state index in [0.29, 0.717) is 15.7 Å². The molecule has 1 N–H and O–H groups in total. The summed E-state index contributed by atoms with van der Waals surface area (Å²) in [4.78, 5) is 22.6. The molecule has 0 aliphatic heterocycles. The van der Waals surface area contributed by atoms with E-state index in [4.69, 9.17) is 34.8 Å². The smallest absolute Gasteiger partial charge is 0.270 e. The summed E-state index contributed by atoms with van der Waals surface area (Å²) >= 11 is 17.9. The zero-order chi connectivity index (χ0) is 23.5. The molecule has 0 saturated heterocycles. The maximum absolute atomic E-state index is 13.4. The Morgan fingerprint density at radius 3 is 2.28 bits per heavy atom. The predicted octanol–water partition coefficient (Wildman–Crippen LogP) is 5.39. The van der Waals surface area contributed by atoms with Gasteiger partial charge in [-0.25, -0.2) is 8.42 Å². The van der Waals surface area contributed by atoms with Crippen molar-refractivity contribution in [3.63, 3.8) is 0 Å². The number of carbonyl (C=O) groups is 1. The Morgan fingerprint density at radius 1 is 0.969 bits per heavy atom. The van der Waals surface area contributed by atoms with Crippen LogP contribution < -0.4 is 9.62 Å². The van der Waals surface area contributed by atoms with Crippen molar-refractivity contribution in [2.24, 2.45) is 0 Å². The number of amides is 1. The van der Waals surface area contributed by atoms with E-state index in [0.717, 1.165) is 22.5 Å². The first-order valence-corrected chi connectivity index (χ1v) is 11.4. The normalized spacial score (nSPS) is 11.1. The molecule has 0 unspecified atom stereocenters. The topological polar surface area (TPSA) is 110 Å². The van der Waals surface area contributed by atoms with Crippen LogP contribution in [0.2, 0.25) is 15.1 Å². The van der Waals surface area contributed by atoms with Crippen LogP contribution in [-0.4, -0.2) is 25.8 Å². The quantitative estimate of drug-likeness (QED) is 0.336. The van der Waals surface area contributed by atoms with Gasteiger partial charge in [-0.2, -0.15) is 0 Å². The zero-order valence-corrected chi connectivity index (χ0v) is 19.1. The Bertz CT molecular complexity index is 1280. The van der Waals surface area contributed by atoms with Gasteiger partial charge in [0, 0.05) is 27.9 Å². The van der Waals surface area contributed by atoms with Crippen LogP contribution in [0.1, 0.15) is 0 Å². The predicted molar refractivity (Wildman–Crippen MR) is 124 cm³/mol. The van der Waals surface area contributed by atoms with Gasteiger partial charge < -0.3 is 5.32 Å². The molecule has 0 heterocycles. The third-order valence-electron chi connectivity index (χ3n) is 4.20. The van der Waals surface area contributed by atoms with Gasteiger partial charge in [-0.05, 0) is 48.5 Å². The van der Waals surface area contributed by atoms with Crippen LogP contribution in [-0.2, 0) is 14.8 Å². The third kappa shape index (κ3) is 5.49. The molecule has 0 radical (unpaired) electrons. The minimum atomic E-state index is -4.48. The van der Waals surface area contributed by atoms with Crippen LogP contribution in [0.15, 0.2) is 71.6 Å². The van der Waals surface area contributed by atoms with Crippen LogP contribution >= 0.6 is 34.8 Å². The lowest BCUT2D eigenvalue weighted by Gasteiger charge is -2.24. The largest absolute Gasteiger partial charge is 0.324 e. The van der Waals surface area contributed by atoms with Crippen molar-refractivity contribution < 1.29 is 18.1 Å². The fraction of sp³-hybridized carbons (Fsp3) is 0.0500. The maximum atomic E-state index is 13.4. The molecule has 166 valence electrons. The second-order valence-corrected chi connectivity index (χ2v) is 9.53. The number of nitro groups is 1. The Morgan fingerprint density at radius 2 is 1.66 bits per heavy atom. The molecular weight excluding hydrogens is 501 g/mol. The summed E-state index contributed by atoms with van der Waals surface area (Å²) in [7, 11) is -4.48. The molecule has 3 rings (SSSR count). The van der Waals surface area contributed by atoms with E-state index in [1.54, 1.807) is 18.2 Å². The van der Waals surface area contributed by atoms with Crippen LogP contribution in [0, 0.1) is 10.1 Å². The first kappa shape index (κ1) is 23.8. The summed E-state index contributed by atoms with van der Waals surface area (Å²) in [5, 5.41) is 14.2. The van der Waals surface area contributed by atoms with Gasteiger partial charge in [0.25, 0.3) is 15.7 Å². The summed E-state index contributed by atoms with van der Waals surface area (Å²) in [6.07, 6.45) is 0. The zero-order valence-electron chi connectivity index (χ0n) is 16.0. The van der Waals surface area contributed by atoms with Crippen LogP contribution in [0.5, 0.6) is 0 Å². The highest BCUT2D eigenvalue weighted by Gasteiger charge is 2.31. The van der Waals surface area contributed by atoms with Crippen LogP contribution in [0.25, 0.3) is 0 Å². The molecule has 8 nitrogen and oxygen atoms in total. The number of sulfonamides is 1. The molecule has 3 aromatic rings. The van der Waals surface area contributed by atoms with Crippen molar-refractivity contribution >= 4 is 67.8 Å². The Labute approximate surface area is 198 Å². The number of hydrogen-bond donors (Lipinski definition) is 1. The van der Waals surface area contributed by atoms with Gasteiger partial charge in [-0.3, -0.25) is 19.2 Å². The summed E-state index contributed by atoms with van der Waals surface area (Å²) in [5.74, 6) is -0.674. The molecule has 1 amide bonds. The van der Waals surface area contributed by atoms with Gasteiger partial charge in [0.1, 0.15) is 11.4 Å². The minimum Gasteiger partial charge on any atom is -0.324 e. The van der Waals surface area contributed by atoms with E-state index in [-0.39, 0.29) is 10.7 Å². The second kappa shape index (κ2) is 9.74. The highest BCUT2D eigenvalue weighted by atomic mass is 35.5. The summed E-state index contributed by atoms with van der Waals surface area (Å²) in [5.41, 5.74) is 0.00922. The third-order valence-corrected chi connectivity index (χ3v) is 6.95. The molecule has 32 heavy (non-hydrogen) atoms. The number of nitrogens with one attached hydrogen (secondary N) is 1.